The highest BCUT2D eigenvalue weighted by atomic mass is 127. The van der Waals surface area contributed by atoms with Crippen molar-refractivity contribution in [3.05, 3.63) is 91.8 Å². The molecule has 0 bridgehead atoms. The quantitative estimate of drug-likeness (QED) is 0.211. The summed E-state index contributed by atoms with van der Waals surface area (Å²) in [6, 6.07) is 18.3. The molecule has 1 N–H and O–H groups in total. The molecule has 32 heavy (non-hydrogen) atoms. The van der Waals surface area contributed by atoms with Crippen LogP contribution in [-0.4, -0.2) is 13.0 Å². The number of methoxy groups -OCH3 is 1. The van der Waals surface area contributed by atoms with Crippen LogP contribution in [0.15, 0.2) is 66.2 Å². The van der Waals surface area contributed by atoms with Gasteiger partial charge in [-0.1, -0.05) is 35.9 Å². The Morgan fingerprint density at radius 2 is 1.94 bits per heavy atom. The fourth-order valence-electron chi connectivity index (χ4n) is 2.77. The van der Waals surface area contributed by atoms with Crippen LogP contribution in [-0.2, 0) is 11.4 Å². The first-order valence-corrected chi connectivity index (χ1v) is 10.8. The second-order valence-electron chi connectivity index (χ2n) is 6.55. The number of nitriles is 1. The maximum absolute atomic E-state index is 13.8. The van der Waals surface area contributed by atoms with Crippen molar-refractivity contribution in [1.82, 2.24) is 0 Å². The summed E-state index contributed by atoms with van der Waals surface area (Å²) in [6.45, 7) is 0.313. The number of benzene rings is 3. The number of rotatable bonds is 7. The Morgan fingerprint density at radius 1 is 1.22 bits per heavy atom. The van der Waals surface area contributed by atoms with Gasteiger partial charge in [0.2, 0.25) is 0 Å². The van der Waals surface area contributed by atoms with Crippen molar-refractivity contribution in [2.45, 2.75) is 6.61 Å². The zero-order valence-corrected chi connectivity index (χ0v) is 19.8. The molecule has 3 aromatic carbocycles. The minimum atomic E-state index is -0.713. The molecule has 0 fully saturated rings. The molecule has 5 nitrogen and oxygen atoms in total. The van der Waals surface area contributed by atoms with Crippen LogP contribution in [0.5, 0.6) is 11.5 Å². The van der Waals surface area contributed by atoms with Crippen LogP contribution in [0.2, 0.25) is 5.02 Å². The standard InChI is InChI=1S/C24H17ClFIN2O3/c1-31-22-12-16(10-17(13-28)24(30)29-21-5-3-2-4-19(21)26)11-20(27)23(22)32-14-15-6-8-18(25)9-7-15/h2-12H,14H2,1H3,(H,29,30)/b17-10+. The molecule has 0 radical (unpaired) electrons. The Morgan fingerprint density at radius 3 is 2.59 bits per heavy atom. The second kappa shape index (κ2) is 11.0. The van der Waals surface area contributed by atoms with Gasteiger partial charge in [0.15, 0.2) is 11.5 Å². The highest BCUT2D eigenvalue weighted by Gasteiger charge is 2.15. The summed E-state index contributed by atoms with van der Waals surface area (Å²) in [7, 11) is 1.50. The monoisotopic (exact) mass is 562 g/mol. The molecule has 3 rings (SSSR count). The Kier molecular flexibility index (Phi) is 8.09. The van der Waals surface area contributed by atoms with Crippen LogP contribution in [0.25, 0.3) is 6.08 Å². The summed E-state index contributed by atoms with van der Waals surface area (Å²) in [5, 5.41) is 12.5. The number of carbonyl (C=O) groups excluding carboxylic acids is 1. The highest BCUT2D eigenvalue weighted by Crippen LogP contribution is 2.35. The number of para-hydroxylation sites is 1. The van der Waals surface area contributed by atoms with E-state index in [2.05, 4.69) is 27.9 Å². The predicted octanol–water partition coefficient (Wildman–Crippen LogP) is 6.22. The molecule has 3 aromatic rings. The van der Waals surface area contributed by atoms with Crippen LogP contribution in [0.3, 0.4) is 0 Å². The van der Waals surface area contributed by atoms with Crippen LogP contribution >= 0.6 is 34.2 Å². The fourth-order valence-corrected chi connectivity index (χ4v) is 3.67. The van der Waals surface area contributed by atoms with Crippen molar-refractivity contribution in [2.75, 3.05) is 12.4 Å². The van der Waals surface area contributed by atoms with Gasteiger partial charge < -0.3 is 14.8 Å². The summed E-state index contributed by atoms with van der Waals surface area (Å²) in [4.78, 5) is 12.5. The average molecular weight is 563 g/mol. The van der Waals surface area contributed by atoms with Crippen LogP contribution < -0.4 is 14.8 Å². The summed E-state index contributed by atoms with van der Waals surface area (Å²) in [6.07, 6.45) is 1.41. The Hall–Kier alpha value is -3.09. The smallest absolute Gasteiger partial charge is 0.266 e. The maximum atomic E-state index is 13.8. The number of hydrogen-bond acceptors (Lipinski definition) is 4. The second-order valence-corrected chi connectivity index (χ2v) is 8.15. The van der Waals surface area contributed by atoms with Crippen molar-refractivity contribution in [2.24, 2.45) is 0 Å². The number of hydrogen-bond donors (Lipinski definition) is 1. The van der Waals surface area contributed by atoms with Gasteiger partial charge in [-0.2, -0.15) is 5.26 Å². The maximum Gasteiger partial charge on any atom is 0.266 e. The molecule has 0 atom stereocenters. The zero-order valence-electron chi connectivity index (χ0n) is 16.9. The molecule has 8 heteroatoms. The van der Waals surface area contributed by atoms with Gasteiger partial charge in [0.25, 0.3) is 5.91 Å². The summed E-state index contributed by atoms with van der Waals surface area (Å²) in [5.41, 5.74) is 1.32. The molecule has 0 saturated carbocycles. The molecule has 0 unspecified atom stereocenters. The minimum absolute atomic E-state index is 0.00300. The van der Waals surface area contributed by atoms with Gasteiger partial charge in [-0.15, -0.1) is 0 Å². The van der Waals surface area contributed by atoms with Crippen LogP contribution in [0.4, 0.5) is 10.1 Å². The lowest BCUT2D eigenvalue weighted by Gasteiger charge is -2.14. The first kappa shape index (κ1) is 23.6. The van der Waals surface area contributed by atoms with E-state index in [1.165, 1.54) is 31.4 Å². The summed E-state index contributed by atoms with van der Waals surface area (Å²) >= 11 is 8.00. The summed E-state index contributed by atoms with van der Waals surface area (Å²) < 4.78 is 25.9. The van der Waals surface area contributed by atoms with Crippen LogP contribution in [0.1, 0.15) is 11.1 Å². The van der Waals surface area contributed by atoms with E-state index in [0.717, 1.165) is 9.13 Å². The van der Waals surface area contributed by atoms with Crippen molar-refractivity contribution >= 4 is 51.9 Å². The van der Waals surface area contributed by atoms with E-state index in [0.29, 0.717) is 28.7 Å². The predicted molar refractivity (Wildman–Crippen MR) is 130 cm³/mol. The number of ether oxygens (including phenoxy) is 2. The molecule has 0 aliphatic rings. The van der Waals surface area contributed by atoms with E-state index < -0.39 is 11.7 Å². The van der Waals surface area contributed by atoms with Gasteiger partial charge in [0.1, 0.15) is 24.1 Å². The SMILES string of the molecule is COc1cc(/C=C(\C#N)C(=O)Nc2ccccc2F)cc(I)c1OCc1ccc(Cl)cc1. The lowest BCUT2D eigenvalue weighted by molar-refractivity contribution is -0.112. The van der Waals surface area contributed by atoms with Crippen molar-refractivity contribution < 1.29 is 18.7 Å². The Labute approximate surface area is 203 Å². The molecule has 162 valence electrons. The van der Waals surface area contributed by atoms with E-state index in [9.17, 15) is 14.4 Å². The number of anilines is 1. The number of halogens is 3. The number of nitrogens with zero attached hydrogens (tertiary/aromatic N) is 1. The lowest BCUT2D eigenvalue weighted by atomic mass is 10.1. The molecule has 1 amide bonds. The third-order valence-electron chi connectivity index (χ3n) is 4.35. The van der Waals surface area contributed by atoms with Crippen LogP contribution in [0, 0.1) is 20.7 Å². The van der Waals surface area contributed by atoms with Gasteiger partial charge >= 0.3 is 0 Å². The molecule has 0 heterocycles. The first-order valence-electron chi connectivity index (χ1n) is 9.33. The molecule has 0 aromatic heterocycles. The topological polar surface area (TPSA) is 71.3 Å². The minimum Gasteiger partial charge on any atom is -0.493 e. The van der Waals surface area contributed by atoms with Gasteiger partial charge in [-0.25, -0.2) is 4.39 Å². The molecule has 0 spiro atoms. The third kappa shape index (κ3) is 5.99. The fraction of sp³-hybridized carbons (Fsp3) is 0.0833. The van der Waals surface area contributed by atoms with E-state index in [4.69, 9.17) is 21.1 Å². The normalized spacial score (nSPS) is 10.9. The number of amides is 1. The van der Waals surface area contributed by atoms with E-state index in [-0.39, 0.29) is 11.3 Å². The Balaban J connectivity index is 1.82. The largest absolute Gasteiger partial charge is 0.493 e. The van der Waals surface area contributed by atoms with Crippen molar-refractivity contribution in [1.29, 1.82) is 5.26 Å². The highest BCUT2D eigenvalue weighted by molar-refractivity contribution is 14.1. The van der Waals surface area contributed by atoms with Gasteiger partial charge in [-0.3, -0.25) is 4.79 Å². The Bertz CT molecular complexity index is 1210. The number of nitrogens with one attached hydrogen (secondary N) is 1. The first-order chi connectivity index (χ1) is 15.4. The molecular weight excluding hydrogens is 546 g/mol. The summed E-state index contributed by atoms with van der Waals surface area (Å²) in [5.74, 6) is -0.315. The molecular formula is C24H17ClFIN2O3. The van der Waals surface area contributed by atoms with Gasteiger partial charge in [0.05, 0.1) is 16.4 Å². The van der Waals surface area contributed by atoms with E-state index in [1.807, 2.05) is 18.2 Å². The van der Waals surface area contributed by atoms with Crippen molar-refractivity contribution in [3.63, 3.8) is 0 Å². The van der Waals surface area contributed by atoms with Crippen molar-refractivity contribution in [3.8, 4) is 17.6 Å². The van der Waals surface area contributed by atoms with E-state index >= 15 is 0 Å². The van der Waals surface area contributed by atoms with Gasteiger partial charge in [-0.05, 0) is 76.2 Å². The van der Waals surface area contributed by atoms with Gasteiger partial charge in [0, 0.05) is 5.02 Å². The lowest BCUT2D eigenvalue weighted by Crippen LogP contribution is -2.14. The number of carbonyl (C=O) groups is 1. The molecule has 0 saturated heterocycles. The van der Waals surface area contributed by atoms with E-state index in [1.54, 1.807) is 30.3 Å². The zero-order chi connectivity index (χ0) is 23.1. The average Bonchev–Trinajstić information content (AvgIpc) is 2.79. The molecule has 0 aliphatic carbocycles. The molecule has 0 aliphatic heterocycles. The third-order valence-corrected chi connectivity index (χ3v) is 5.40.